The lowest BCUT2D eigenvalue weighted by Gasteiger charge is -2.18. The number of aromatic nitrogens is 1. The van der Waals surface area contributed by atoms with Crippen molar-refractivity contribution in [3.8, 4) is 0 Å². The molecule has 1 aliphatic heterocycles. The number of amides is 1. The number of hydrogen-bond acceptors (Lipinski definition) is 3. The molecular formula is C18H19F2N3O2. The Morgan fingerprint density at radius 2 is 1.92 bits per heavy atom. The van der Waals surface area contributed by atoms with E-state index in [1.807, 2.05) is 0 Å². The van der Waals surface area contributed by atoms with Crippen molar-refractivity contribution in [2.75, 3.05) is 18.0 Å². The van der Waals surface area contributed by atoms with Crippen LogP contribution in [-0.2, 0) is 11.3 Å². The van der Waals surface area contributed by atoms with Gasteiger partial charge in [0.25, 0.3) is 5.56 Å². The first-order valence-corrected chi connectivity index (χ1v) is 8.07. The Morgan fingerprint density at radius 3 is 2.56 bits per heavy atom. The van der Waals surface area contributed by atoms with Gasteiger partial charge in [-0.3, -0.25) is 9.59 Å². The summed E-state index contributed by atoms with van der Waals surface area (Å²) in [4.78, 5) is 26.2. The molecule has 1 aliphatic rings. The molecule has 0 saturated carbocycles. The summed E-state index contributed by atoms with van der Waals surface area (Å²) in [6.45, 7) is 2.29. The first kappa shape index (κ1) is 17.3. The standard InChI is InChI=1S/C18H19F2N3O2/c1-11-7-13(19)17(14(20)8-11)12-9-16(24)23(10-12)15-3-2-5-22(6-4-21)18(15)25/h2-3,5,7-8,12H,4,6,9-10,21H2,1H3. The van der Waals surface area contributed by atoms with Gasteiger partial charge in [-0.15, -0.1) is 0 Å². The third-order valence-corrected chi connectivity index (χ3v) is 4.42. The molecule has 3 rings (SSSR count). The van der Waals surface area contributed by atoms with E-state index in [0.29, 0.717) is 18.7 Å². The Morgan fingerprint density at radius 1 is 1.24 bits per heavy atom. The van der Waals surface area contributed by atoms with E-state index in [1.165, 1.54) is 27.7 Å². The molecule has 1 aromatic heterocycles. The zero-order chi connectivity index (χ0) is 18.1. The maximum absolute atomic E-state index is 14.2. The van der Waals surface area contributed by atoms with E-state index in [-0.39, 0.29) is 35.7 Å². The number of aryl methyl sites for hydroxylation is 1. The van der Waals surface area contributed by atoms with Crippen molar-refractivity contribution >= 4 is 11.6 Å². The fourth-order valence-corrected chi connectivity index (χ4v) is 3.28. The van der Waals surface area contributed by atoms with Gasteiger partial charge in [0, 0.05) is 43.7 Å². The Balaban J connectivity index is 1.95. The van der Waals surface area contributed by atoms with Crippen LogP contribution in [0.4, 0.5) is 14.5 Å². The molecule has 1 saturated heterocycles. The second kappa shape index (κ2) is 6.76. The summed E-state index contributed by atoms with van der Waals surface area (Å²) in [5.41, 5.74) is 5.73. The summed E-state index contributed by atoms with van der Waals surface area (Å²) >= 11 is 0. The Kier molecular flexibility index (Phi) is 4.67. The number of hydrogen-bond donors (Lipinski definition) is 1. The van der Waals surface area contributed by atoms with Crippen LogP contribution < -0.4 is 16.2 Å². The average Bonchev–Trinajstić information content (AvgIpc) is 2.90. The van der Waals surface area contributed by atoms with Crippen molar-refractivity contribution in [2.45, 2.75) is 25.8 Å². The highest BCUT2D eigenvalue weighted by molar-refractivity contribution is 5.96. The second-order valence-corrected chi connectivity index (χ2v) is 6.23. The smallest absolute Gasteiger partial charge is 0.274 e. The molecule has 1 fully saturated rings. The summed E-state index contributed by atoms with van der Waals surface area (Å²) in [5, 5.41) is 0. The van der Waals surface area contributed by atoms with Crippen molar-refractivity contribution in [3.05, 3.63) is 63.6 Å². The third-order valence-electron chi connectivity index (χ3n) is 4.42. The molecule has 2 N–H and O–H groups in total. The fraction of sp³-hybridized carbons (Fsp3) is 0.333. The van der Waals surface area contributed by atoms with Gasteiger partial charge >= 0.3 is 0 Å². The minimum atomic E-state index is -0.661. The van der Waals surface area contributed by atoms with Gasteiger partial charge in [0.05, 0.1) is 0 Å². The summed E-state index contributed by atoms with van der Waals surface area (Å²) in [5.74, 6) is -2.28. The number of benzene rings is 1. The van der Waals surface area contributed by atoms with Gasteiger partial charge in [-0.25, -0.2) is 8.78 Å². The molecule has 7 heteroatoms. The monoisotopic (exact) mass is 347 g/mol. The predicted molar refractivity (Wildman–Crippen MR) is 90.6 cm³/mol. The first-order valence-electron chi connectivity index (χ1n) is 8.07. The van der Waals surface area contributed by atoms with Crippen LogP contribution in [-0.4, -0.2) is 23.6 Å². The van der Waals surface area contributed by atoms with Crippen LogP contribution in [0.1, 0.15) is 23.5 Å². The molecule has 2 heterocycles. The maximum Gasteiger partial charge on any atom is 0.274 e. The highest BCUT2D eigenvalue weighted by Gasteiger charge is 2.36. The van der Waals surface area contributed by atoms with E-state index in [9.17, 15) is 18.4 Å². The molecule has 1 atom stereocenters. The number of nitrogens with zero attached hydrogens (tertiary/aromatic N) is 2. The molecule has 1 unspecified atom stereocenters. The van der Waals surface area contributed by atoms with Gasteiger partial charge in [0.15, 0.2) is 0 Å². The zero-order valence-electron chi connectivity index (χ0n) is 13.8. The summed E-state index contributed by atoms with van der Waals surface area (Å²) < 4.78 is 29.8. The summed E-state index contributed by atoms with van der Waals surface area (Å²) in [7, 11) is 0. The van der Waals surface area contributed by atoms with E-state index in [2.05, 4.69) is 0 Å². The van der Waals surface area contributed by atoms with Crippen LogP contribution in [0, 0.1) is 18.6 Å². The SMILES string of the molecule is Cc1cc(F)c(C2CC(=O)N(c3cccn(CCN)c3=O)C2)c(F)c1. The largest absolute Gasteiger partial charge is 0.329 e. The lowest BCUT2D eigenvalue weighted by molar-refractivity contribution is -0.117. The second-order valence-electron chi connectivity index (χ2n) is 6.23. The third kappa shape index (κ3) is 3.19. The molecule has 0 spiro atoms. The van der Waals surface area contributed by atoms with Gasteiger partial charge in [-0.05, 0) is 36.8 Å². The molecular weight excluding hydrogens is 328 g/mol. The number of carbonyl (C=O) groups is 1. The van der Waals surface area contributed by atoms with E-state index < -0.39 is 17.6 Å². The lowest BCUT2D eigenvalue weighted by Crippen LogP contribution is -2.34. The quantitative estimate of drug-likeness (QED) is 0.919. The van der Waals surface area contributed by atoms with Crippen molar-refractivity contribution in [3.63, 3.8) is 0 Å². The van der Waals surface area contributed by atoms with Crippen LogP contribution >= 0.6 is 0 Å². The topological polar surface area (TPSA) is 68.3 Å². The van der Waals surface area contributed by atoms with Gasteiger partial charge < -0.3 is 15.2 Å². The predicted octanol–water partition coefficient (Wildman–Crippen LogP) is 1.91. The number of pyridine rings is 1. The Labute approximate surface area is 143 Å². The van der Waals surface area contributed by atoms with Crippen LogP contribution in [0.2, 0.25) is 0 Å². The molecule has 0 aliphatic carbocycles. The number of halogens is 2. The van der Waals surface area contributed by atoms with Crippen LogP contribution in [0.15, 0.2) is 35.3 Å². The van der Waals surface area contributed by atoms with Crippen molar-refractivity contribution in [1.82, 2.24) is 4.57 Å². The highest BCUT2D eigenvalue weighted by Crippen LogP contribution is 2.33. The normalized spacial score (nSPS) is 17.4. The van der Waals surface area contributed by atoms with Gasteiger partial charge in [-0.1, -0.05) is 0 Å². The van der Waals surface area contributed by atoms with Crippen LogP contribution in [0.5, 0.6) is 0 Å². The fourth-order valence-electron chi connectivity index (χ4n) is 3.28. The number of nitrogens with two attached hydrogens (primary N) is 1. The lowest BCUT2D eigenvalue weighted by atomic mass is 9.96. The minimum absolute atomic E-state index is 0.0396. The van der Waals surface area contributed by atoms with Gasteiger partial charge in [0.2, 0.25) is 5.91 Å². The Hall–Kier alpha value is -2.54. The van der Waals surface area contributed by atoms with Gasteiger partial charge in [0.1, 0.15) is 17.3 Å². The molecule has 132 valence electrons. The summed E-state index contributed by atoms with van der Waals surface area (Å²) in [6, 6.07) is 5.70. The molecule has 0 radical (unpaired) electrons. The molecule has 5 nitrogen and oxygen atoms in total. The number of carbonyl (C=O) groups excluding carboxylic acids is 1. The molecule has 25 heavy (non-hydrogen) atoms. The van der Waals surface area contributed by atoms with Gasteiger partial charge in [-0.2, -0.15) is 0 Å². The molecule has 1 amide bonds. The first-order chi connectivity index (χ1) is 11.9. The molecule has 1 aromatic carbocycles. The van der Waals surface area contributed by atoms with E-state index in [1.54, 1.807) is 19.2 Å². The van der Waals surface area contributed by atoms with E-state index >= 15 is 0 Å². The molecule has 2 aromatic rings. The minimum Gasteiger partial charge on any atom is -0.329 e. The highest BCUT2D eigenvalue weighted by atomic mass is 19.1. The van der Waals surface area contributed by atoms with E-state index in [4.69, 9.17) is 5.73 Å². The number of rotatable bonds is 4. The zero-order valence-corrected chi connectivity index (χ0v) is 13.8. The van der Waals surface area contributed by atoms with Crippen LogP contribution in [0.3, 0.4) is 0 Å². The van der Waals surface area contributed by atoms with E-state index in [0.717, 1.165) is 0 Å². The van der Waals surface area contributed by atoms with Crippen molar-refractivity contribution < 1.29 is 13.6 Å². The van der Waals surface area contributed by atoms with Crippen molar-refractivity contribution in [2.24, 2.45) is 5.73 Å². The summed E-state index contributed by atoms with van der Waals surface area (Å²) in [6.07, 6.45) is 1.55. The van der Waals surface area contributed by atoms with Crippen LogP contribution in [0.25, 0.3) is 0 Å². The maximum atomic E-state index is 14.2. The molecule has 0 bridgehead atoms. The van der Waals surface area contributed by atoms with Crippen molar-refractivity contribution in [1.29, 1.82) is 0 Å². The average molecular weight is 347 g/mol. The Bertz CT molecular complexity index is 856. The number of anilines is 1.